The second-order valence-electron chi connectivity index (χ2n) is 6.22. The Morgan fingerprint density at radius 1 is 1.30 bits per heavy atom. The molecule has 9 nitrogen and oxygen atoms in total. The first kappa shape index (κ1) is 14.6. The van der Waals surface area contributed by atoms with Crippen molar-refractivity contribution in [2.24, 2.45) is 7.05 Å². The van der Waals surface area contributed by atoms with Crippen molar-refractivity contribution in [3.05, 3.63) is 28.3 Å². The van der Waals surface area contributed by atoms with Gasteiger partial charge in [-0.3, -0.25) is 4.57 Å². The number of nitrogens with zero attached hydrogens (tertiary/aromatic N) is 5. The summed E-state index contributed by atoms with van der Waals surface area (Å²) in [5.41, 5.74) is -0.279. The van der Waals surface area contributed by atoms with Crippen LogP contribution in [0.4, 0.5) is 0 Å². The van der Waals surface area contributed by atoms with E-state index in [9.17, 15) is 13.2 Å². The number of hydrogen-bond acceptors (Lipinski definition) is 5. The lowest BCUT2D eigenvalue weighted by Gasteiger charge is -2.25. The number of hydrogen-bond donors (Lipinski definition) is 1. The number of aromatic amines is 1. The molecule has 124 valence electrons. The van der Waals surface area contributed by atoms with Crippen molar-refractivity contribution in [2.75, 3.05) is 0 Å². The lowest BCUT2D eigenvalue weighted by atomic mass is 10.1. The summed E-state index contributed by atoms with van der Waals surface area (Å²) in [4.78, 5) is 16.0. The molecular formula is C13H18N6O3S. The van der Waals surface area contributed by atoms with E-state index in [-0.39, 0.29) is 22.8 Å². The molecule has 23 heavy (non-hydrogen) atoms. The minimum absolute atomic E-state index is 0.0721. The van der Waals surface area contributed by atoms with Gasteiger partial charge in [0.25, 0.3) is 10.0 Å². The van der Waals surface area contributed by atoms with Crippen LogP contribution in [0, 0.1) is 6.92 Å². The fraction of sp³-hybridized carbons (Fsp3) is 0.615. The zero-order valence-corrected chi connectivity index (χ0v) is 13.7. The van der Waals surface area contributed by atoms with Crippen molar-refractivity contribution in [3.63, 3.8) is 0 Å². The van der Waals surface area contributed by atoms with E-state index in [1.807, 2.05) is 0 Å². The van der Waals surface area contributed by atoms with Gasteiger partial charge in [-0.05, 0) is 19.8 Å². The zero-order chi connectivity index (χ0) is 16.4. The molecule has 1 N–H and O–H groups in total. The molecule has 2 atom stereocenters. The Bertz CT molecular complexity index is 904. The number of imidazole rings is 1. The monoisotopic (exact) mass is 338 g/mol. The normalized spacial score (nSPS) is 24.6. The third-order valence-electron chi connectivity index (χ3n) is 4.83. The van der Waals surface area contributed by atoms with E-state index < -0.39 is 10.0 Å². The number of rotatable bonds is 2. The van der Waals surface area contributed by atoms with Crippen LogP contribution in [-0.2, 0) is 30.0 Å². The molecule has 10 heteroatoms. The average Bonchev–Trinajstić information content (AvgIpc) is 3.09. The van der Waals surface area contributed by atoms with Gasteiger partial charge in [-0.2, -0.15) is 9.40 Å². The third-order valence-corrected chi connectivity index (χ3v) is 6.71. The molecule has 0 radical (unpaired) electrons. The Labute approximate surface area is 133 Å². The first-order valence-electron chi connectivity index (χ1n) is 7.55. The molecule has 4 rings (SSSR count). The highest BCUT2D eigenvalue weighted by Gasteiger charge is 2.46. The first-order chi connectivity index (χ1) is 10.9. The van der Waals surface area contributed by atoms with Gasteiger partial charge in [-0.15, -0.1) is 0 Å². The topological polar surface area (TPSA) is 106 Å². The zero-order valence-electron chi connectivity index (χ0n) is 12.9. The minimum Gasteiger partial charge on any atom is -0.337 e. The Morgan fingerprint density at radius 2 is 2.04 bits per heavy atom. The van der Waals surface area contributed by atoms with E-state index in [4.69, 9.17) is 0 Å². The van der Waals surface area contributed by atoms with Crippen molar-refractivity contribution in [2.45, 2.75) is 49.8 Å². The van der Waals surface area contributed by atoms with Crippen LogP contribution in [-0.4, -0.2) is 49.1 Å². The molecule has 0 spiro atoms. The number of sulfonamides is 1. The molecule has 4 heterocycles. The van der Waals surface area contributed by atoms with Gasteiger partial charge in [0, 0.05) is 38.3 Å². The van der Waals surface area contributed by atoms with Gasteiger partial charge in [-0.25, -0.2) is 23.3 Å². The summed E-state index contributed by atoms with van der Waals surface area (Å²) in [6.45, 7) is 2.11. The van der Waals surface area contributed by atoms with Crippen LogP contribution in [0.25, 0.3) is 0 Å². The van der Waals surface area contributed by atoms with Crippen molar-refractivity contribution in [1.29, 1.82) is 0 Å². The van der Waals surface area contributed by atoms with Gasteiger partial charge in [-0.1, -0.05) is 0 Å². The fourth-order valence-electron chi connectivity index (χ4n) is 3.57. The van der Waals surface area contributed by atoms with E-state index in [2.05, 4.69) is 15.2 Å². The summed E-state index contributed by atoms with van der Waals surface area (Å²) in [5.74, 6) is 1.27. The van der Waals surface area contributed by atoms with E-state index in [0.29, 0.717) is 24.6 Å². The molecule has 2 aromatic rings. The lowest BCUT2D eigenvalue weighted by Crippen LogP contribution is -2.42. The summed E-state index contributed by atoms with van der Waals surface area (Å²) in [6, 6.07) is -0.410. The van der Waals surface area contributed by atoms with Crippen molar-refractivity contribution >= 4 is 10.0 Å². The number of aromatic nitrogens is 5. The van der Waals surface area contributed by atoms with E-state index in [0.717, 1.165) is 12.8 Å². The quantitative estimate of drug-likeness (QED) is 0.786. The SMILES string of the molecule is Cc1nc(S(=O)(=O)N2[C@@H]3CC[C@H]2Cc2n[nH]c(=O)n2C3)cn1C. The standard InChI is InChI=1S/C13H18N6O3S/c1-8-14-12(7-17(8)2)23(21,22)19-9-3-4-10(19)6-18-11(5-9)15-16-13(18)20/h7,9-10H,3-6H2,1-2H3,(H,16,20)/t9-,10+/m0/s1. The van der Waals surface area contributed by atoms with Crippen LogP contribution < -0.4 is 5.69 Å². The van der Waals surface area contributed by atoms with Crippen LogP contribution in [0.1, 0.15) is 24.5 Å². The molecule has 0 aliphatic carbocycles. The lowest BCUT2D eigenvalue weighted by molar-refractivity contribution is 0.313. The summed E-state index contributed by atoms with van der Waals surface area (Å²) >= 11 is 0. The molecule has 0 amide bonds. The smallest absolute Gasteiger partial charge is 0.337 e. The largest absolute Gasteiger partial charge is 0.343 e. The number of H-pyrrole nitrogens is 1. The molecule has 2 bridgehead atoms. The van der Waals surface area contributed by atoms with Crippen LogP contribution >= 0.6 is 0 Å². The number of aryl methyl sites for hydroxylation is 2. The third kappa shape index (κ3) is 2.08. The van der Waals surface area contributed by atoms with Crippen molar-refractivity contribution < 1.29 is 8.42 Å². The maximum absolute atomic E-state index is 13.1. The number of nitrogens with one attached hydrogen (secondary N) is 1. The summed E-state index contributed by atoms with van der Waals surface area (Å²) in [6.07, 6.45) is 3.50. The molecule has 0 aromatic carbocycles. The van der Waals surface area contributed by atoms with Crippen LogP contribution in [0.3, 0.4) is 0 Å². The van der Waals surface area contributed by atoms with Crippen LogP contribution in [0.5, 0.6) is 0 Å². The van der Waals surface area contributed by atoms with Gasteiger partial charge in [0.2, 0.25) is 0 Å². The molecule has 1 saturated heterocycles. The predicted molar refractivity (Wildman–Crippen MR) is 80.3 cm³/mol. The molecular weight excluding hydrogens is 320 g/mol. The van der Waals surface area contributed by atoms with Gasteiger partial charge in [0.15, 0.2) is 5.03 Å². The summed E-state index contributed by atoms with van der Waals surface area (Å²) in [7, 11) is -1.91. The molecule has 1 fully saturated rings. The maximum atomic E-state index is 13.1. The van der Waals surface area contributed by atoms with Gasteiger partial charge < -0.3 is 4.57 Å². The first-order valence-corrected chi connectivity index (χ1v) is 8.99. The maximum Gasteiger partial charge on any atom is 0.343 e. The van der Waals surface area contributed by atoms with Gasteiger partial charge >= 0.3 is 5.69 Å². The summed E-state index contributed by atoms with van der Waals surface area (Å²) < 4.78 is 30.9. The minimum atomic E-state index is -3.68. The highest BCUT2D eigenvalue weighted by atomic mass is 32.2. The second-order valence-corrected chi connectivity index (χ2v) is 8.01. The van der Waals surface area contributed by atoms with Crippen LogP contribution in [0.15, 0.2) is 16.0 Å². The van der Waals surface area contributed by atoms with Crippen molar-refractivity contribution in [3.8, 4) is 0 Å². The molecule has 2 aliphatic heterocycles. The summed E-state index contributed by atoms with van der Waals surface area (Å²) in [5, 5.41) is 6.54. The molecule has 2 aliphatic rings. The van der Waals surface area contributed by atoms with Crippen LogP contribution in [0.2, 0.25) is 0 Å². The highest BCUT2D eigenvalue weighted by Crippen LogP contribution is 2.35. The van der Waals surface area contributed by atoms with E-state index in [1.54, 1.807) is 33.6 Å². The molecule has 0 saturated carbocycles. The average molecular weight is 338 g/mol. The Balaban J connectivity index is 1.77. The van der Waals surface area contributed by atoms with E-state index in [1.165, 1.54) is 0 Å². The Hall–Kier alpha value is -1.94. The Kier molecular flexibility index (Phi) is 3.04. The molecule has 0 unspecified atom stereocenters. The van der Waals surface area contributed by atoms with Gasteiger partial charge in [0.05, 0.1) is 0 Å². The van der Waals surface area contributed by atoms with Gasteiger partial charge in [0.1, 0.15) is 11.6 Å². The van der Waals surface area contributed by atoms with E-state index >= 15 is 0 Å². The highest BCUT2D eigenvalue weighted by molar-refractivity contribution is 7.89. The molecule has 2 aromatic heterocycles. The number of fused-ring (bicyclic) bond motifs is 3. The fourth-order valence-corrected chi connectivity index (χ4v) is 5.46. The second kappa shape index (κ2) is 4.78. The Morgan fingerprint density at radius 3 is 2.74 bits per heavy atom. The predicted octanol–water partition coefficient (Wildman–Crippen LogP) is -0.609. The van der Waals surface area contributed by atoms with Crippen molar-refractivity contribution in [1.82, 2.24) is 28.6 Å².